The first-order chi connectivity index (χ1) is 6.40. The summed E-state index contributed by atoms with van der Waals surface area (Å²) in [5.74, 6) is 0.813. The second-order valence-corrected chi connectivity index (χ2v) is 3.44. The summed E-state index contributed by atoms with van der Waals surface area (Å²) in [4.78, 5) is 5.32. The summed E-state index contributed by atoms with van der Waals surface area (Å²) in [6, 6.07) is 8.21. The summed E-state index contributed by atoms with van der Waals surface area (Å²) >= 11 is 1.73. The maximum atomic E-state index is 4.07. The topological polar surface area (TPSA) is 41.6 Å². The Labute approximate surface area is 80.6 Å². The number of rotatable bonds is 2. The summed E-state index contributed by atoms with van der Waals surface area (Å²) in [6.07, 6.45) is 3.57. The van der Waals surface area contributed by atoms with Crippen LogP contribution in [0.5, 0.6) is 0 Å². The maximum Gasteiger partial charge on any atom is 0.155 e. The van der Waals surface area contributed by atoms with Gasteiger partial charge in [-0.25, -0.2) is 4.98 Å². The van der Waals surface area contributed by atoms with Crippen LogP contribution in [-0.4, -0.2) is 21.4 Å². The Balaban J connectivity index is 2.33. The third kappa shape index (κ3) is 1.72. The van der Waals surface area contributed by atoms with Gasteiger partial charge in [-0.3, -0.25) is 5.10 Å². The fourth-order valence-corrected chi connectivity index (χ4v) is 1.50. The van der Waals surface area contributed by atoms with Crippen LogP contribution in [0.15, 0.2) is 35.5 Å². The SMILES string of the molecule is CSc1ccc(-c2ncn[nH]2)cc1. The lowest BCUT2D eigenvalue weighted by atomic mass is 10.2. The van der Waals surface area contributed by atoms with Gasteiger partial charge in [-0.2, -0.15) is 5.10 Å². The molecule has 0 aliphatic heterocycles. The molecule has 13 heavy (non-hydrogen) atoms. The molecule has 0 radical (unpaired) electrons. The molecule has 0 unspecified atom stereocenters. The van der Waals surface area contributed by atoms with Crippen LogP contribution in [0.1, 0.15) is 0 Å². The minimum atomic E-state index is 0.813. The lowest BCUT2D eigenvalue weighted by molar-refractivity contribution is 1.09. The van der Waals surface area contributed by atoms with E-state index in [4.69, 9.17) is 0 Å². The molecule has 0 saturated heterocycles. The first-order valence-electron chi connectivity index (χ1n) is 3.90. The standard InChI is InChI=1S/C9H9N3S/c1-13-8-4-2-7(3-5-8)9-10-6-11-12-9/h2-6H,1H3,(H,10,11,12). The van der Waals surface area contributed by atoms with Crippen molar-refractivity contribution in [2.24, 2.45) is 0 Å². The van der Waals surface area contributed by atoms with Gasteiger partial charge in [0.05, 0.1) is 0 Å². The highest BCUT2D eigenvalue weighted by Crippen LogP contribution is 2.19. The Bertz CT molecular complexity index is 366. The molecule has 0 spiro atoms. The van der Waals surface area contributed by atoms with Crippen molar-refractivity contribution in [2.45, 2.75) is 4.90 Å². The number of aromatic nitrogens is 3. The molecule has 66 valence electrons. The third-order valence-corrected chi connectivity index (χ3v) is 2.52. The number of thioether (sulfide) groups is 1. The summed E-state index contributed by atoms with van der Waals surface area (Å²) in [7, 11) is 0. The zero-order valence-electron chi connectivity index (χ0n) is 7.19. The Hall–Kier alpha value is -1.29. The first kappa shape index (κ1) is 8.31. The fraction of sp³-hybridized carbons (Fsp3) is 0.111. The van der Waals surface area contributed by atoms with Gasteiger partial charge in [0.25, 0.3) is 0 Å². The zero-order valence-corrected chi connectivity index (χ0v) is 8.01. The lowest BCUT2D eigenvalue weighted by Gasteiger charge is -1.97. The van der Waals surface area contributed by atoms with Crippen LogP contribution in [-0.2, 0) is 0 Å². The van der Waals surface area contributed by atoms with Crippen LogP contribution in [0.2, 0.25) is 0 Å². The zero-order chi connectivity index (χ0) is 9.10. The van der Waals surface area contributed by atoms with Gasteiger partial charge in [-0.05, 0) is 18.4 Å². The van der Waals surface area contributed by atoms with E-state index in [1.165, 1.54) is 11.2 Å². The van der Waals surface area contributed by atoms with E-state index >= 15 is 0 Å². The molecule has 2 aromatic rings. The number of H-pyrrole nitrogens is 1. The molecule has 2 rings (SSSR count). The number of aromatic amines is 1. The first-order valence-corrected chi connectivity index (χ1v) is 5.12. The second kappa shape index (κ2) is 3.62. The molecule has 0 aliphatic rings. The van der Waals surface area contributed by atoms with E-state index in [0.29, 0.717) is 0 Å². The Kier molecular flexibility index (Phi) is 2.31. The molecule has 0 fully saturated rings. The van der Waals surface area contributed by atoms with Crippen molar-refractivity contribution < 1.29 is 0 Å². The number of benzene rings is 1. The van der Waals surface area contributed by atoms with Crippen LogP contribution < -0.4 is 0 Å². The van der Waals surface area contributed by atoms with E-state index in [2.05, 4.69) is 33.6 Å². The van der Waals surface area contributed by atoms with Crippen molar-refractivity contribution in [2.75, 3.05) is 6.26 Å². The molecule has 0 saturated carbocycles. The molecule has 4 heteroatoms. The molecule has 0 aliphatic carbocycles. The smallest absolute Gasteiger partial charge is 0.155 e. The summed E-state index contributed by atoms with van der Waals surface area (Å²) in [5, 5.41) is 6.62. The van der Waals surface area contributed by atoms with E-state index in [-0.39, 0.29) is 0 Å². The molecule has 3 nitrogen and oxygen atoms in total. The van der Waals surface area contributed by atoms with Crippen molar-refractivity contribution in [1.29, 1.82) is 0 Å². The normalized spacial score (nSPS) is 10.2. The highest BCUT2D eigenvalue weighted by molar-refractivity contribution is 7.98. The average molecular weight is 191 g/mol. The van der Waals surface area contributed by atoms with Crippen molar-refractivity contribution in [1.82, 2.24) is 15.2 Å². The fourth-order valence-electron chi connectivity index (χ4n) is 1.09. The van der Waals surface area contributed by atoms with Gasteiger partial charge < -0.3 is 0 Å². The minimum absolute atomic E-state index is 0.813. The van der Waals surface area contributed by atoms with Gasteiger partial charge in [0.2, 0.25) is 0 Å². The predicted octanol–water partition coefficient (Wildman–Crippen LogP) is 2.19. The maximum absolute atomic E-state index is 4.07. The summed E-state index contributed by atoms with van der Waals surface area (Å²) in [5.41, 5.74) is 1.07. The number of hydrogen-bond acceptors (Lipinski definition) is 3. The molecular weight excluding hydrogens is 182 g/mol. The van der Waals surface area contributed by atoms with Gasteiger partial charge in [0.15, 0.2) is 5.82 Å². The van der Waals surface area contributed by atoms with Gasteiger partial charge in [-0.15, -0.1) is 11.8 Å². The Morgan fingerprint density at radius 1 is 1.23 bits per heavy atom. The average Bonchev–Trinajstić information content (AvgIpc) is 2.71. The molecule has 0 amide bonds. The quantitative estimate of drug-likeness (QED) is 0.740. The number of nitrogens with one attached hydrogen (secondary N) is 1. The Morgan fingerprint density at radius 2 is 2.00 bits per heavy atom. The molecule has 1 aromatic carbocycles. The van der Waals surface area contributed by atoms with Gasteiger partial charge in [-0.1, -0.05) is 12.1 Å². The summed E-state index contributed by atoms with van der Waals surface area (Å²) in [6.45, 7) is 0. The molecule has 0 bridgehead atoms. The largest absolute Gasteiger partial charge is 0.259 e. The third-order valence-electron chi connectivity index (χ3n) is 1.78. The van der Waals surface area contributed by atoms with Crippen molar-refractivity contribution in [3.63, 3.8) is 0 Å². The van der Waals surface area contributed by atoms with Crippen molar-refractivity contribution in [3.8, 4) is 11.4 Å². The monoisotopic (exact) mass is 191 g/mol. The van der Waals surface area contributed by atoms with Crippen LogP contribution in [0.25, 0.3) is 11.4 Å². The Morgan fingerprint density at radius 3 is 2.54 bits per heavy atom. The van der Waals surface area contributed by atoms with Gasteiger partial charge in [0, 0.05) is 10.5 Å². The van der Waals surface area contributed by atoms with E-state index in [1.807, 2.05) is 12.1 Å². The molecule has 0 atom stereocenters. The van der Waals surface area contributed by atoms with Gasteiger partial charge in [0.1, 0.15) is 6.33 Å². The lowest BCUT2D eigenvalue weighted by Crippen LogP contribution is -1.80. The summed E-state index contributed by atoms with van der Waals surface area (Å²) < 4.78 is 0. The van der Waals surface area contributed by atoms with Crippen molar-refractivity contribution in [3.05, 3.63) is 30.6 Å². The van der Waals surface area contributed by atoms with Crippen LogP contribution in [0, 0.1) is 0 Å². The van der Waals surface area contributed by atoms with Crippen LogP contribution in [0.3, 0.4) is 0 Å². The molecular formula is C9H9N3S. The van der Waals surface area contributed by atoms with Crippen LogP contribution >= 0.6 is 11.8 Å². The number of nitrogens with zero attached hydrogens (tertiary/aromatic N) is 2. The minimum Gasteiger partial charge on any atom is -0.259 e. The van der Waals surface area contributed by atoms with E-state index in [1.54, 1.807) is 11.8 Å². The number of hydrogen-bond donors (Lipinski definition) is 1. The molecule has 1 aromatic heterocycles. The second-order valence-electron chi connectivity index (χ2n) is 2.56. The van der Waals surface area contributed by atoms with Crippen molar-refractivity contribution >= 4 is 11.8 Å². The molecule has 1 N–H and O–H groups in total. The van der Waals surface area contributed by atoms with E-state index in [9.17, 15) is 0 Å². The highest BCUT2D eigenvalue weighted by Gasteiger charge is 1.98. The van der Waals surface area contributed by atoms with Gasteiger partial charge >= 0.3 is 0 Å². The highest BCUT2D eigenvalue weighted by atomic mass is 32.2. The van der Waals surface area contributed by atoms with E-state index in [0.717, 1.165) is 11.4 Å². The predicted molar refractivity (Wildman–Crippen MR) is 53.6 cm³/mol. The van der Waals surface area contributed by atoms with Crippen LogP contribution in [0.4, 0.5) is 0 Å². The van der Waals surface area contributed by atoms with E-state index < -0.39 is 0 Å². The molecule has 1 heterocycles.